The Morgan fingerprint density at radius 1 is 1.17 bits per heavy atom. The molecule has 2 aromatic rings. The largest absolute Gasteiger partial charge is 0.478 e. The van der Waals surface area contributed by atoms with Gasteiger partial charge in [0.25, 0.3) is 0 Å². The molecular weight excluding hydrogens is 524 g/mol. The molecule has 0 atom stereocenters. The fraction of sp³-hybridized carbons (Fsp3) is 0.406. The molecule has 0 spiro atoms. The number of halogens is 2. The molecule has 41 heavy (non-hydrogen) atoms. The van der Waals surface area contributed by atoms with E-state index >= 15 is 4.39 Å². The van der Waals surface area contributed by atoms with Gasteiger partial charge in [0.15, 0.2) is 5.82 Å². The summed E-state index contributed by atoms with van der Waals surface area (Å²) in [5, 5.41) is 11.9. The Balaban J connectivity index is 1.53. The van der Waals surface area contributed by atoms with Crippen molar-refractivity contribution in [3.63, 3.8) is 0 Å². The normalized spacial score (nSPS) is 17.4. The van der Waals surface area contributed by atoms with Crippen molar-refractivity contribution in [3.05, 3.63) is 76.8 Å². The number of likely N-dealkylation sites (tertiary alicyclic amines) is 1. The van der Waals surface area contributed by atoms with Crippen molar-refractivity contribution in [1.82, 2.24) is 9.47 Å². The van der Waals surface area contributed by atoms with Crippen molar-refractivity contribution in [1.29, 1.82) is 0 Å². The predicted molar refractivity (Wildman–Crippen MR) is 162 cm³/mol. The van der Waals surface area contributed by atoms with Crippen LogP contribution in [0.1, 0.15) is 81.8 Å². The number of anilines is 1. The van der Waals surface area contributed by atoms with Crippen LogP contribution in [0.3, 0.4) is 0 Å². The second kappa shape index (κ2) is 13.1. The van der Waals surface area contributed by atoms with Crippen LogP contribution in [0.25, 0.3) is 5.70 Å². The molecule has 0 radical (unpaired) electrons. The van der Waals surface area contributed by atoms with Gasteiger partial charge in [-0.3, -0.25) is 0 Å². The molecular formula is C32H39F2N5O2. The maximum Gasteiger partial charge on any atom is 0.335 e. The lowest BCUT2D eigenvalue weighted by molar-refractivity contribution is 0.0696. The van der Waals surface area contributed by atoms with Gasteiger partial charge < -0.3 is 19.9 Å². The van der Waals surface area contributed by atoms with Crippen LogP contribution >= 0.6 is 0 Å². The maximum absolute atomic E-state index is 15.4. The molecule has 1 aliphatic carbocycles. The first kappa shape index (κ1) is 30.0. The number of benzene rings is 1. The molecule has 4 rings (SSSR count). The van der Waals surface area contributed by atoms with E-state index in [1.54, 1.807) is 13.1 Å². The molecule has 1 aliphatic heterocycles. The summed E-state index contributed by atoms with van der Waals surface area (Å²) in [6.07, 6.45) is 12.1. The number of aromatic nitrogens is 1. The van der Waals surface area contributed by atoms with Crippen LogP contribution in [0.5, 0.6) is 0 Å². The van der Waals surface area contributed by atoms with E-state index < -0.39 is 17.6 Å². The van der Waals surface area contributed by atoms with Gasteiger partial charge in [0.2, 0.25) is 0 Å². The van der Waals surface area contributed by atoms with E-state index in [0.29, 0.717) is 11.7 Å². The summed E-state index contributed by atoms with van der Waals surface area (Å²) in [4.78, 5) is 22.9. The highest BCUT2D eigenvalue weighted by Crippen LogP contribution is 2.38. The molecule has 1 saturated carbocycles. The molecule has 1 aromatic carbocycles. The number of carboxylic acids is 1. The summed E-state index contributed by atoms with van der Waals surface area (Å²) < 4.78 is 31.8. The highest BCUT2D eigenvalue weighted by Gasteiger charge is 2.28. The fourth-order valence-corrected chi connectivity index (χ4v) is 5.21. The van der Waals surface area contributed by atoms with E-state index in [1.165, 1.54) is 42.3 Å². The van der Waals surface area contributed by atoms with E-state index in [2.05, 4.69) is 48.6 Å². The standard InChI is InChI=1S/C32H39F2N5O2/c1-6-20(4)30(36-18-22(7-2)23-9-10-23)38-15-13-25(14-16-38)39-19-27(34)29(31(39)35-8-3)21(5)37-28-12-11-24(32(40)41)17-26(28)33/h7-8,11-12,17-19,23,25,37H,5-6,9-10,13-16H2,1-4H3,(H,40,41)/b22-7+,30-20?,35-8-,36-18-. The number of allylic oxidation sites excluding steroid dienone is 3. The zero-order chi connectivity index (χ0) is 29.7. The summed E-state index contributed by atoms with van der Waals surface area (Å²) in [5.74, 6) is -0.457. The number of carbonyl (C=O) groups is 1. The van der Waals surface area contributed by atoms with Crippen LogP contribution in [-0.2, 0) is 0 Å². The average Bonchev–Trinajstić information content (AvgIpc) is 3.75. The molecule has 1 aromatic heterocycles. The number of aliphatic imine (C=N–C) groups is 2. The third-order valence-electron chi connectivity index (χ3n) is 7.80. The van der Waals surface area contributed by atoms with E-state index in [-0.39, 0.29) is 28.6 Å². The van der Waals surface area contributed by atoms with Gasteiger partial charge in [0.1, 0.15) is 17.5 Å². The molecule has 2 N–H and O–H groups in total. The Hall–Kier alpha value is -4.01. The van der Waals surface area contributed by atoms with E-state index in [9.17, 15) is 9.18 Å². The van der Waals surface area contributed by atoms with Gasteiger partial charge in [-0.25, -0.2) is 23.6 Å². The summed E-state index contributed by atoms with van der Waals surface area (Å²) >= 11 is 0. The maximum atomic E-state index is 15.4. The van der Waals surface area contributed by atoms with Crippen molar-refractivity contribution in [2.45, 2.75) is 65.8 Å². The van der Waals surface area contributed by atoms with Crippen LogP contribution < -0.4 is 5.32 Å². The number of carboxylic acid groups (broad SMARTS) is 1. The molecule has 0 unspecified atom stereocenters. The minimum absolute atomic E-state index is 0.000752. The smallest absolute Gasteiger partial charge is 0.335 e. The number of aromatic carboxylic acids is 1. The Morgan fingerprint density at radius 3 is 2.44 bits per heavy atom. The number of hydrogen-bond donors (Lipinski definition) is 2. The van der Waals surface area contributed by atoms with Gasteiger partial charge >= 0.3 is 5.97 Å². The Morgan fingerprint density at radius 2 is 1.88 bits per heavy atom. The number of nitrogens with zero attached hydrogens (tertiary/aromatic N) is 4. The minimum atomic E-state index is -1.23. The topological polar surface area (TPSA) is 82.2 Å². The summed E-state index contributed by atoms with van der Waals surface area (Å²) in [6.45, 7) is 13.6. The molecule has 9 heteroatoms. The van der Waals surface area contributed by atoms with Crippen LogP contribution in [0.15, 0.2) is 64.0 Å². The van der Waals surface area contributed by atoms with Gasteiger partial charge in [0, 0.05) is 43.5 Å². The monoisotopic (exact) mass is 563 g/mol. The van der Waals surface area contributed by atoms with E-state index in [4.69, 9.17) is 10.1 Å². The van der Waals surface area contributed by atoms with E-state index in [0.717, 1.165) is 44.2 Å². The quantitative estimate of drug-likeness (QED) is 0.272. The first-order valence-corrected chi connectivity index (χ1v) is 14.2. The Labute approximate surface area is 240 Å². The number of nitrogens with one attached hydrogen (secondary N) is 1. The van der Waals surface area contributed by atoms with E-state index in [1.807, 2.05) is 10.8 Å². The second-order valence-electron chi connectivity index (χ2n) is 10.6. The summed E-state index contributed by atoms with van der Waals surface area (Å²) in [6, 6.07) is 3.50. The highest BCUT2D eigenvalue weighted by molar-refractivity contribution is 5.89. The predicted octanol–water partition coefficient (Wildman–Crippen LogP) is 7.98. The SMILES string of the molecule is C=C(Nc1ccc(C(=O)O)cc1F)c1c(F)cn(C2CCN(C(/N=C\C(=C/C)C3CC3)=C(C)CC)CC2)c1/N=C\C. The van der Waals surface area contributed by atoms with Crippen molar-refractivity contribution in [2.24, 2.45) is 15.9 Å². The number of piperidine rings is 1. The molecule has 2 heterocycles. The molecule has 2 aliphatic rings. The van der Waals surface area contributed by atoms with Gasteiger partial charge in [-0.15, -0.1) is 0 Å². The molecule has 0 bridgehead atoms. The van der Waals surface area contributed by atoms with Gasteiger partial charge in [-0.05, 0) is 88.1 Å². The number of rotatable bonds is 11. The average molecular weight is 564 g/mol. The number of hydrogen-bond acceptors (Lipinski definition) is 5. The van der Waals surface area contributed by atoms with Gasteiger partial charge in [-0.2, -0.15) is 0 Å². The van der Waals surface area contributed by atoms with Crippen molar-refractivity contribution in [3.8, 4) is 0 Å². The van der Waals surface area contributed by atoms with Crippen LogP contribution in [0.2, 0.25) is 0 Å². The first-order valence-electron chi connectivity index (χ1n) is 14.2. The molecule has 218 valence electrons. The van der Waals surface area contributed by atoms with Crippen molar-refractivity contribution in [2.75, 3.05) is 18.4 Å². The van der Waals surface area contributed by atoms with Gasteiger partial charge in [0.05, 0.1) is 16.8 Å². The zero-order valence-corrected chi connectivity index (χ0v) is 24.3. The third-order valence-corrected chi connectivity index (χ3v) is 7.80. The van der Waals surface area contributed by atoms with Crippen molar-refractivity contribution >= 4 is 35.6 Å². The highest BCUT2D eigenvalue weighted by atomic mass is 19.1. The molecule has 7 nitrogen and oxygen atoms in total. The summed E-state index contributed by atoms with van der Waals surface area (Å²) in [7, 11) is 0. The molecule has 0 amide bonds. The van der Waals surface area contributed by atoms with Crippen LogP contribution in [0, 0.1) is 17.6 Å². The lowest BCUT2D eigenvalue weighted by Gasteiger charge is -2.35. The lowest BCUT2D eigenvalue weighted by atomic mass is 10.0. The molecule has 1 saturated heterocycles. The first-order chi connectivity index (χ1) is 19.7. The van der Waals surface area contributed by atoms with Crippen molar-refractivity contribution < 1.29 is 18.7 Å². The lowest BCUT2D eigenvalue weighted by Crippen LogP contribution is -2.34. The van der Waals surface area contributed by atoms with Crippen LogP contribution in [-0.4, -0.2) is 46.1 Å². The summed E-state index contributed by atoms with van der Waals surface area (Å²) in [5.41, 5.74) is 2.64. The van der Waals surface area contributed by atoms with Crippen LogP contribution in [0.4, 0.5) is 20.3 Å². The Bertz CT molecular complexity index is 1420. The Kier molecular flexibility index (Phi) is 9.57. The molecule has 2 fully saturated rings. The zero-order valence-electron chi connectivity index (χ0n) is 24.3. The third kappa shape index (κ3) is 6.84. The minimum Gasteiger partial charge on any atom is -0.478 e. The second-order valence-corrected chi connectivity index (χ2v) is 10.6. The van der Waals surface area contributed by atoms with Gasteiger partial charge in [-0.1, -0.05) is 19.6 Å². The fourth-order valence-electron chi connectivity index (χ4n) is 5.21.